The lowest BCUT2D eigenvalue weighted by atomic mass is 10.2. The summed E-state index contributed by atoms with van der Waals surface area (Å²) in [7, 11) is 0. The average Bonchev–Trinajstić information content (AvgIpc) is 2.83. The van der Waals surface area contributed by atoms with Crippen molar-refractivity contribution < 1.29 is 4.74 Å². The van der Waals surface area contributed by atoms with E-state index in [-0.39, 0.29) is 0 Å². The van der Waals surface area contributed by atoms with Gasteiger partial charge in [0.2, 0.25) is 0 Å². The van der Waals surface area contributed by atoms with Crippen LogP contribution in [0.1, 0.15) is 24.8 Å². The van der Waals surface area contributed by atoms with Crippen LogP contribution in [-0.4, -0.2) is 22.5 Å². The molecule has 1 fully saturated rings. The second kappa shape index (κ2) is 4.94. The molecule has 0 radical (unpaired) electrons. The predicted molar refractivity (Wildman–Crippen MR) is 63.3 cm³/mol. The molecule has 2 rings (SSSR count). The van der Waals surface area contributed by atoms with Crippen LogP contribution in [0.15, 0.2) is 6.20 Å². The molecule has 4 nitrogen and oxygen atoms in total. The molecule has 0 spiro atoms. The van der Waals surface area contributed by atoms with Crippen molar-refractivity contribution in [3.05, 3.63) is 15.5 Å². The Morgan fingerprint density at radius 2 is 2.60 bits per heavy atom. The van der Waals surface area contributed by atoms with Gasteiger partial charge in [-0.2, -0.15) is 10.4 Å². The smallest absolute Gasteiger partial charge is 0.141 e. The minimum Gasteiger partial charge on any atom is -0.378 e. The Balaban J connectivity index is 1.90. The topological polar surface area (TPSA) is 50.8 Å². The summed E-state index contributed by atoms with van der Waals surface area (Å²) < 4.78 is 8.15. The van der Waals surface area contributed by atoms with Crippen LogP contribution >= 0.6 is 22.6 Å². The normalized spacial score (nSPS) is 20.4. The third-order valence-electron chi connectivity index (χ3n) is 2.54. The number of hydrogen-bond acceptors (Lipinski definition) is 3. The van der Waals surface area contributed by atoms with Gasteiger partial charge in [0.05, 0.1) is 6.10 Å². The molecule has 0 bridgehead atoms. The monoisotopic (exact) mass is 317 g/mol. The molecule has 1 saturated heterocycles. The molecule has 1 atom stereocenters. The van der Waals surface area contributed by atoms with Crippen LogP contribution in [0.5, 0.6) is 0 Å². The van der Waals surface area contributed by atoms with Crippen molar-refractivity contribution in [2.45, 2.75) is 31.9 Å². The van der Waals surface area contributed by atoms with Gasteiger partial charge in [-0.3, -0.25) is 4.68 Å². The number of halogens is 1. The van der Waals surface area contributed by atoms with Crippen LogP contribution in [0.4, 0.5) is 0 Å². The number of aromatic nitrogens is 2. The summed E-state index contributed by atoms with van der Waals surface area (Å²) in [6.45, 7) is 1.73. The van der Waals surface area contributed by atoms with E-state index in [1.807, 2.05) is 4.68 Å². The zero-order chi connectivity index (χ0) is 10.7. The number of hydrogen-bond donors (Lipinski definition) is 0. The Kier molecular flexibility index (Phi) is 3.59. The van der Waals surface area contributed by atoms with Gasteiger partial charge in [0, 0.05) is 19.3 Å². The van der Waals surface area contributed by atoms with Gasteiger partial charge in [0.25, 0.3) is 0 Å². The molecule has 0 aromatic carbocycles. The summed E-state index contributed by atoms with van der Waals surface area (Å²) in [5.41, 5.74) is 0.656. The molecule has 0 aliphatic carbocycles. The summed E-state index contributed by atoms with van der Waals surface area (Å²) in [5, 5.41) is 13.0. The first-order valence-electron chi connectivity index (χ1n) is 5.04. The molecule has 5 heteroatoms. The lowest BCUT2D eigenvalue weighted by Crippen LogP contribution is -2.10. The zero-order valence-corrected chi connectivity index (χ0v) is 10.5. The molecule has 1 aromatic rings. The van der Waals surface area contributed by atoms with Crippen molar-refractivity contribution >= 4 is 22.6 Å². The van der Waals surface area contributed by atoms with E-state index in [0.717, 1.165) is 29.7 Å². The number of aryl methyl sites for hydroxylation is 1. The van der Waals surface area contributed by atoms with Gasteiger partial charge in [-0.15, -0.1) is 0 Å². The van der Waals surface area contributed by atoms with Crippen LogP contribution in [0.25, 0.3) is 0 Å². The minimum absolute atomic E-state index is 0.386. The predicted octanol–water partition coefficient (Wildman–Crippen LogP) is 1.93. The van der Waals surface area contributed by atoms with Gasteiger partial charge in [0.1, 0.15) is 15.3 Å². The molecule has 0 saturated carbocycles. The maximum Gasteiger partial charge on any atom is 0.141 e. The van der Waals surface area contributed by atoms with Crippen molar-refractivity contribution in [2.24, 2.45) is 0 Å². The molecule has 1 aliphatic heterocycles. The second-order valence-corrected chi connectivity index (χ2v) is 4.65. The van der Waals surface area contributed by atoms with Crippen LogP contribution < -0.4 is 0 Å². The van der Waals surface area contributed by atoms with Crippen LogP contribution in [0, 0.1) is 15.0 Å². The molecule has 2 heterocycles. The fourth-order valence-electron chi connectivity index (χ4n) is 1.74. The number of nitriles is 1. The Labute approximate surface area is 102 Å². The van der Waals surface area contributed by atoms with Crippen LogP contribution in [0.3, 0.4) is 0 Å². The highest BCUT2D eigenvalue weighted by molar-refractivity contribution is 14.1. The highest BCUT2D eigenvalue weighted by atomic mass is 127. The Bertz CT molecular complexity index is 377. The molecule has 1 unspecified atom stereocenters. The van der Waals surface area contributed by atoms with Crippen molar-refractivity contribution in [2.75, 3.05) is 6.61 Å². The summed E-state index contributed by atoms with van der Waals surface area (Å²) >= 11 is 2.08. The van der Waals surface area contributed by atoms with Gasteiger partial charge in [-0.05, 0) is 41.9 Å². The van der Waals surface area contributed by atoms with Crippen molar-refractivity contribution in [1.29, 1.82) is 5.26 Å². The Hall–Kier alpha value is -0.610. The summed E-state index contributed by atoms with van der Waals surface area (Å²) in [6.07, 6.45) is 5.51. The van der Waals surface area contributed by atoms with E-state index in [4.69, 9.17) is 10.00 Å². The number of rotatable bonds is 3. The molecule has 0 amide bonds. The van der Waals surface area contributed by atoms with Gasteiger partial charge < -0.3 is 4.74 Å². The quantitative estimate of drug-likeness (QED) is 0.801. The zero-order valence-electron chi connectivity index (χ0n) is 8.32. The van der Waals surface area contributed by atoms with Crippen molar-refractivity contribution in [1.82, 2.24) is 9.78 Å². The summed E-state index contributed by atoms with van der Waals surface area (Å²) in [4.78, 5) is 0. The third-order valence-corrected chi connectivity index (χ3v) is 3.34. The van der Waals surface area contributed by atoms with E-state index in [0.29, 0.717) is 11.7 Å². The van der Waals surface area contributed by atoms with Crippen molar-refractivity contribution in [3.8, 4) is 6.07 Å². The van der Waals surface area contributed by atoms with E-state index in [2.05, 4.69) is 33.8 Å². The van der Waals surface area contributed by atoms with Crippen LogP contribution in [0.2, 0.25) is 0 Å². The van der Waals surface area contributed by atoms with Gasteiger partial charge in [-0.1, -0.05) is 0 Å². The largest absolute Gasteiger partial charge is 0.378 e. The molecule has 15 heavy (non-hydrogen) atoms. The lowest BCUT2D eigenvalue weighted by molar-refractivity contribution is 0.0994. The van der Waals surface area contributed by atoms with Gasteiger partial charge in [0.15, 0.2) is 0 Å². The number of ether oxygens (including phenoxy) is 1. The SMILES string of the molecule is N#Cc1cn(CCC2CCCO2)nc1I. The molecular formula is C10H12IN3O. The van der Waals surface area contributed by atoms with Crippen molar-refractivity contribution in [3.63, 3.8) is 0 Å². The second-order valence-electron chi connectivity index (χ2n) is 3.63. The third kappa shape index (κ3) is 2.69. The highest BCUT2D eigenvalue weighted by Crippen LogP contribution is 2.16. The summed E-state index contributed by atoms with van der Waals surface area (Å²) in [5.74, 6) is 0. The standard InChI is InChI=1S/C10H12IN3O/c11-10-8(6-12)7-14(13-10)4-3-9-2-1-5-15-9/h7,9H,1-5H2. The molecule has 1 aromatic heterocycles. The Morgan fingerprint density at radius 1 is 1.73 bits per heavy atom. The molecule has 0 N–H and O–H groups in total. The van der Waals surface area contributed by atoms with Gasteiger partial charge >= 0.3 is 0 Å². The first kappa shape index (κ1) is 10.9. The molecular weight excluding hydrogens is 305 g/mol. The van der Waals surface area contributed by atoms with E-state index in [9.17, 15) is 0 Å². The molecule has 1 aliphatic rings. The first-order valence-corrected chi connectivity index (χ1v) is 6.12. The maximum atomic E-state index is 8.78. The fraction of sp³-hybridized carbons (Fsp3) is 0.600. The van der Waals surface area contributed by atoms with E-state index >= 15 is 0 Å². The van der Waals surface area contributed by atoms with Gasteiger partial charge in [-0.25, -0.2) is 0 Å². The number of nitrogens with zero attached hydrogens (tertiary/aromatic N) is 3. The van der Waals surface area contributed by atoms with E-state index in [1.54, 1.807) is 6.20 Å². The van der Waals surface area contributed by atoms with Crippen LogP contribution in [-0.2, 0) is 11.3 Å². The minimum atomic E-state index is 0.386. The first-order chi connectivity index (χ1) is 7.29. The average molecular weight is 317 g/mol. The lowest BCUT2D eigenvalue weighted by Gasteiger charge is -2.08. The fourth-order valence-corrected chi connectivity index (χ4v) is 2.27. The Morgan fingerprint density at radius 3 is 3.20 bits per heavy atom. The molecule has 80 valence electrons. The summed E-state index contributed by atoms with van der Waals surface area (Å²) in [6, 6.07) is 2.12. The maximum absolute atomic E-state index is 8.78. The highest BCUT2D eigenvalue weighted by Gasteiger charge is 2.15. The van der Waals surface area contributed by atoms with E-state index < -0.39 is 0 Å². The van der Waals surface area contributed by atoms with E-state index in [1.165, 1.54) is 6.42 Å².